The minimum Gasteiger partial charge on any atom is -0.362 e. The molecule has 2 aromatic heterocycles. The molecule has 1 atom stereocenters. The van der Waals surface area contributed by atoms with E-state index in [1.807, 2.05) is 66.3 Å². The summed E-state index contributed by atoms with van der Waals surface area (Å²) in [6, 6.07) is 18.1. The number of benzene rings is 2. The van der Waals surface area contributed by atoms with Crippen molar-refractivity contribution in [1.82, 2.24) is 19.7 Å². The molecule has 0 radical (unpaired) electrons. The van der Waals surface area contributed by atoms with E-state index in [0.717, 1.165) is 51.5 Å². The first-order chi connectivity index (χ1) is 15.0. The summed E-state index contributed by atoms with van der Waals surface area (Å²) in [6.07, 6.45) is 5.87. The molecule has 0 bridgehead atoms. The zero-order valence-electron chi connectivity index (χ0n) is 18.0. The van der Waals surface area contributed by atoms with Crippen LogP contribution in [0.4, 0.5) is 5.82 Å². The number of aryl methyl sites for hydroxylation is 2. The van der Waals surface area contributed by atoms with E-state index in [1.165, 1.54) is 0 Å². The quantitative estimate of drug-likeness (QED) is 0.372. The van der Waals surface area contributed by atoms with Crippen molar-refractivity contribution in [3.63, 3.8) is 0 Å². The lowest BCUT2D eigenvalue weighted by Gasteiger charge is -2.16. The molecule has 1 N–H and O–H groups in total. The van der Waals surface area contributed by atoms with Crippen molar-refractivity contribution >= 4 is 40.6 Å². The predicted molar refractivity (Wildman–Crippen MR) is 129 cm³/mol. The summed E-state index contributed by atoms with van der Waals surface area (Å²) in [5.74, 6) is 1.44. The third-order valence-corrected chi connectivity index (χ3v) is 5.46. The Morgan fingerprint density at radius 2 is 1.77 bits per heavy atom. The van der Waals surface area contributed by atoms with Crippen LogP contribution < -0.4 is 5.32 Å². The molecule has 2 aromatic carbocycles. The maximum Gasteiger partial charge on any atom is 0.156 e. The van der Waals surface area contributed by atoms with Gasteiger partial charge in [0.2, 0.25) is 0 Å². The monoisotopic (exact) mass is 431 g/mol. The Hall–Kier alpha value is -3.18. The fourth-order valence-corrected chi connectivity index (χ4v) is 3.74. The number of rotatable bonds is 7. The van der Waals surface area contributed by atoms with Crippen LogP contribution in [0.3, 0.4) is 0 Å². The summed E-state index contributed by atoms with van der Waals surface area (Å²) < 4.78 is 1.88. The minimum absolute atomic E-state index is 0.0471. The van der Waals surface area contributed by atoms with Crippen molar-refractivity contribution in [2.45, 2.75) is 32.7 Å². The molecule has 4 rings (SSSR count). The van der Waals surface area contributed by atoms with Gasteiger partial charge in [-0.15, -0.1) is 0 Å². The van der Waals surface area contributed by atoms with Crippen LogP contribution >= 0.6 is 11.6 Å². The summed E-state index contributed by atoms with van der Waals surface area (Å²) in [4.78, 5) is 9.68. The molecule has 5 nitrogen and oxygen atoms in total. The highest BCUT2D eigenvalue weighted by Gasteiger charge is 2.18. The van der Waals surface area contributed by atoms with E-state index in [1.54, 1.807) is 0 Å². The molecule has 4 aromatic rings. The maximum absolute atomic E-state index is 6.05. The molecule has 0 amide bonds. The lowest BCUT2D eigenvalue weighted by molar-refractivity contribution is 0.751. The van der Waals surface area contributed by atoms with Crippen LogP contribution in [-0.4, -0.2) is 19.7 Å². The Kier molecular flexibility index (Phi) is 6.33. The highest BCUT2D eigenvalue weighted by molar-refractivity contribution is 6.30. The SMILES string of the molecule is CCCc1nn(C)c2c(NC(C)c3ccc(Cl)cc3)nc(/C=C/c3ccccc3)nc12. The predicted octanol–water partition coefficient (Wildman–Crippen LogP) is 6.31. The third kappa shape index (κ3) is 4.78. The van der Waals surface area contributed by atoms with Crippen molar-refractivity contribution < 1.29 is 0 Å². The standard InChI is InChI=1S/C25H26ClN5/c1-4-8-21-23-24(31(3)30-21)25(27-17(2)19-12-14-20(26)15-13-19)29-22(28-23)16-11-18-9-6-5-7-10-18/h5-7,9-17H,4,8H2,1-3H3,(H,27,28,29)/b16-11+. The Morgan fingerprint density at radius 1 is 1.03 bits per heavy atom. The van der Waals surface area contributed by atoms with E-state index in [-0.39, 0.29) is 6.04 Å². The minimum atomic E-state index is 0.0471. The first kappa shape index (κ1) is 21.1. The summed E-state index contributed by atoms with van der Waals surface area (Å²) in [5.41, 5.74) is 5.06. The van der Waals surface area contributed by atoms with Gasteiger partial charge in [0.1, 0.15) is 11.0 Å². The maximum atomic E-state index is 6.05. The zero-order valence-corrected chi connectivity index (χ0v) is 18.8. The second-order valence-electron chi connectivity index (χ2n) is 7.61. The molecule has 158 valence electrons. The van der Waals surface area contributed by atoms with Gasteiger partial charge in [-0.2, -0.15) is 5.10 Å². The van der Waals surface area contributed by atoms with Gasteiger partial charge < -0.3 is 5.32 Å². The van der Waals surface area contributed by atoms with Crippen LogP contribution in [0.5, 0.6) is 0 Å². The van der Waals surface area contributed by atoms with E-state index < -0.39 is 0 Å². The van der Waals surface area contributed by atoms with Crippen molar-refractivity contribution in [2.24, 2.45) is 7.05 Å². The van der Waals surface area contributed by atoms with Crippen LogP contribution in [0.1, 0.15) is 49.0 Å². The number of halogens is 1. The zero-order chi connectivity index (χ0) is 21.8. The van der Waals surface area contributed by atoms with Gasteiger partial charge in [-0.3, -0.25) is 4.68 Å². The second-order valence-corrected chi connectivity index (χ2v) is 8.05. The topological polar surface area (TPSA) is 55.6 Å². The number of aromatic nitrogens is 4. The second kappa shape index (κ2) is 9.31. The number of nitrogens with one attached hydrogen (secondary N) is 1. The van der Waals surface area contributed by atoms with E-state index >= 15 is 0 Å². The fourth-order valence-electron chi connectivity index (χ4n) is 3.61. The Balaban J connectivity index is 1.76. The highest BCUT2D eigenvalue weighted by atomic mass is 35.5. The van der Waals surface area contributed by atoms with Crippen LogP contribution in [0, 0.1) is 0 Å². The number of fused-ring (bicyclic) bond motifs is 1. The Morgan fingerprint density at radius 3 is 2.48 bits per heavy atom. The lowest BCUT2D eigenvalue weighted by Crippen LogP contribution is -2.10. The van der Waals surface area contributed by atoms with Gasteiger partial charge in [0.25, 0.3) is 0 Å². The first-order valence-corrected chi connectivity index (χ1v) is 10.9. The van der Waals surface area contributed by atoms with Gasteiger partial charge in [0.15, 0.2) is 11.6 Å². The summed E-state index contributed by atoms with van der Waals surface area (Å²) in [5, 5.41) is 9.02. The van der Waals surface area contributed by atoms with Crippen LogP contribution in [0.2, 0.25) is 5.02 Å². The van der Waals surface area contributed by atoms with Gasteiger partial charge in [0.05, 0.1) is 11.7 Å². The molecule has 0 saturated carbocycles. The third-order valence-electron chi connectivity index (χ3n) is 5.20. The van der Waals surface area contributed by atoms with E-state index in [4.69, 9.17) is 26.7 Å². The van der Waals surface area contributed by atoms with Gasteiger partial charge >= 0.3 is 0 Å². The highest BCUT2D eigenvalue weighted by Crippen LogP contribution is 2.28. The molecule has 0 aliphatic rings. The molecular weight excluding hydrogens is 406 g/mol. The molecule has 0 aliphatic carbocycles. The van der Waals surface area contributed by atoms with Crippen molar-refractivity contribution in [1.29, 1.82) is 0 Å². The van der Waals surface area contributed by atoms with Gasteiger partial charge in [-0.1, -0.05) is 73.5 Å². The number of nitrogens with zero attached hydrogens (tertiary/aromatic N) is 4. The summed E-state index contributed by atoms with van der Waals surface area (Å²) in [7, 11) is 1.95. The van der Waals surface area contributed by atoms with Crippen LogP contribution in [-0.2, 0) is 13.5 Å². The fraction of sp³-hybridized carbons (Fsp3) is 0.240. The van der Waals surface area contributed by atoms with Crippen LogP contribution in [0.15, 0.2) is 54.6 Å². The average molecular weight is 432 g/mol. The molecule has 0 saturated heterocycles. The molecular formula is C25H26ClN5. The molecule has 0 aliphatic heterocycles. The Labute approximate surface area is 187 Å². The number of hydrogen-bond donors (Lipinski definition) is 1. The molecule has 1 unspecified atom stereocenters. The van der Waals surface area contributed by atoms with E-state index in [9.17, 15) is 0 Å². The Bertz CT molecular complexity index is 1200. The smallest absolute Gasteiger partial charge is 0.156 e. The lowest BCUT2D eigenvalue weighted by atomic mass is 10.1. The molecule has 0 spiro atoms. The van der Waals surface area contributed by atoms with Crippen molar-refractivity contribution in [2.75, 3.05) is 5.32 Å². The molecule has 31 heavy (non-hydrogen) atoms. The normalized spacial score (nSPS) is 12.5. The largest absolute Gasteiger partial charge is 0.362 e. The molecule has 2 heterocycles. The summed E-state index contributed by atoms with van der Waals surface area (Å²) in [6.45, 7) is 4.26. The first-order valence-electron chi connectivity index (χ1n) is 10.5. The molecule has 6 heteroatoms. The number of anilines is 1. The summed E-state index contributed by atoms with van der Waals surface area (Å²) >= 11 is 6.05. The van der Waals surface area contributed by atoms with E-state index in [0.29, 0.717) is 5.82 Å². The van der Waals surface area contributed by atoms with Gasteiger partial charge in [0, 0.05) is 12.1 Å². The average Bonchev–Trinajstić information content (AvgIpc) is 3.09. The van der Waals surface area contributed by atoms with Gasteiger partial charge in [-0.25, -0.2) is 9.97 Å². The van der Waals surface area contributed by atoms with Crippen molar-refractivity contribution in [3.05, 3.63) is 82.3 Å². The van der Waals surface area contributed by atoms with E-state index in [2.05, 4.69) is 31.3 Å². The molecule has 0 fully saturated rings. The van der Waals surface area contributed by atoms with Gasteiger partial charge in [-0.05, 0) is 42.7 Å². The van der Waals surface area contributed by atoms with Crippen molar-refractivity contribution in [3.8, 4) is 0 Å². The number of hydrogen-bond acceptors (Lipinski definition) is 4. The van der Waals surface area contributed by atoms with Crippen LogP contribution in [0.25, 0.3) is 23.2 Å².